The number of esters is 3. The Balaban J connectivity index is 4.66. The Morgan fingerprint density at radius 1 is 0.542 bits per heavy atom. The standard InChI is InChI=1S/C37H70N4O7/c1-5-9-13-15-22-30(20-11-7-3)34(43)46-27-17-18-28-48-36(45)32(25-26-40-37(38)39)41-33(42)24-19-29-47-35(44)31(21-12-8-4)23-16-14-10-6-2/h30-32H,5-29H2,1-4H3,(H,41,42)(H4,38,39,40)/t30?,31?,32-/m0/s1. The molecule has 0 radical (unpaired) electrons. The molecule has 1 amide bonds. The van der Waals surface area contributed by atoms with Crippen LogP contribution in [0.15, 0.2) is 4.99 Å². The number of hydrogen-bond acceptors (Lipinski definition) is 8. The summed E-state index contributed by atoms with van der Waals surface area (Å²) in [4.78, 5) is 54.8. The van der Waals surface area contributed by atoms with Crippen LogP contribution in [0.4, 0.5) is 0 Å². The monoisotopic (exact) mass is 683 g/mol. The molecule has 0 aromatic heterocycles. The van der Waals surface area contributed by atoms with E-state index < -0.39 is 12.0 Å². The number of carbonyl (C=O) groups is 4. The van der Waals surface area contributed by atoms with Crippen molar-refractivity contribution in [2.75, 3.05) is 26.4 Å². The minimum atomic E-state index is -0.922. The lowest BCUT2D eigenvalue weighted by molar-refractivity contribution is -0.151. The third kappa shape index (κ3) is 25.2. The van der Waals surface area contributed by atoms with E-state index in [0.717, 1.165) is 89.9 Å². The molecule has 48 heavy (non-hydrogen) atoms. The van der Waals surface area contributed by atoms with Gasteiger partial charge < -0.3 is 31.0 Å². The highest BCUT2D eigenvalue weighted by Crippen LogP contribution is 2.20. The van der Waals surface area contributed by atoms with Crippen molar-refractivity contribution in [3.05, 3.63) is 0 Å². The quantitative estimate of drug-likeness (QED) is 0.0225. The van der Waals surface area contributed by atoms with Crippen LogP contribution in [0.2, 0.25) is 0 Å². The third-order valence-corrected chi connectivity index (χ3v) is 8.44. The number of hydrogen-bond donors (Lipinski definition) is 3. The molecule has 0 spiro atoms. The van der Waals surface area contributed by atoms with Crippen LogP contribution in [0.3, 0.4) is 0 Å². The molecule has 0 rings (SSSR count). The highest BCUT2D eigenvalue weighted by atomic mass is 16.5. The highest BCUT2D eigenvalue weighted by molar-refractivity contribution is 5.84. The van der Waals surface area contributed by atoms with Crippen molar-refractivity contribution in [1.29, 1.82) is 0 Å². The zero-order valence-electron chi connectivity index (χ0n) is 30.9. The first kappa shape index (κ1) is 45.2. The number of nitrogens with one attached hydrogen (secondary N) is 1. The van der Waals surface area contributed by atoms with Gasteiger partial charge in [-0.25, -0.2) is 4.79 Å². The number of guanidine groups is 1. The summed E-state index contributed by atoms with van der Waals surface area (Å²) in [5.41, 5.74) is 10.8. The zero-order chi connectivity index (χ0) is 35.8. The zero-order valence-corrected chi connectivity index (χ0v) is 30.9. The maximum absolute atomic E-state index is 12.8. The summed E-state index contributed by atoms with van der Waals surface area (Å²) in [6.45, 7) is 9.27. The van der Waals surface area contributed by atoms with Gasteiger partial charge in [-0.2, -0.15) is 0 Å². The van der Waals surface area contributed by atoms with E-state index in [1.54, 1.807) is 0 Å². The number of amides is 1. The van der Waals surface area contributed by atoms with E-state index in [-0.39, 0.29) is 74.8 Å². The Bertz CT molecular complexity index is 880. The van der Waals surface area contributed by atoms with E-state index in [9.17, 15) is 19.2 Å². The minimum Gasteiger partial charge on any atom is -0.465 e. The smallest absolute Gasteiger partial charge is 0.328 e. The van der Waals surface area contributed by atoms with E-state index >= 15 is 0 Å². The molecular formula is C37H70N4O7. The molecule has 11 nitrogen and oxygen atoms in total. The maximum Gasteiger partial charge on any atom is 0.328 e. The van der Waals surface area contributed by atoms with Gasteiger partial charge >= 0.3 is 17.9 Å². The summed E-state index contributed by atoms with van der Waals surface area (Å²) in [6.07, 6.45) is 18.1. The van der Waals surface area contributed by atoms with E-state index in [0.29, 0.717) is 19.3 Å². The topological polar surface area (TPSA) is 172 Å². The molecule has 280 valence electrons. The van der Waals surface area contributed by atoms with Gasteiger partial charge in [0, 0.05) is 13.0 Å². The van der Waals surface area contributed by atoms with Crippen molar-refractivity contribution in [3.8, 4) is 0 Å². The predicted molar refractivity (Wildman–Crippen MR) is 192 cm³/mol. The Morgan fingerprint density at radius 2 is 0.979 bits per heavy atom. The van der Waals surface area contributed by atoms with Gasteiger partial charge in [0.15, 0.2) is 5.96 Å². The van der Waals surface area contributed by atoms with E-state index in [4.69, 9.17) is 25.7 Å². The average molecular weight is 683 g/mol. The van der Waals surface area contributed by atoms with Crippen LogP contribution in [-0.4, -0.2) is 62.2 Å². The fourth-order valence-electron chi connectivity index (χ4n) is 5.43. The summed E-state index contributed by atoms with van der Waals surface area (Å²) in [7, 11) is 0. The van der Waals surface area contributed by atoms with Crippen molar-refractivity contribution < 1.29 is 33.4 Å². The van der Waals surface area contributed by atoms with Gasteiger partial charge in [0.2, 0.25) is 5.91 Å². The van der Waals surface area contributed by atoms with Crippen LogP contribution < -0.4 is 16.8 Å². The van der Waals surface area contributed by atoms with Crippen molar-refractivity contribution in [1.82, 2.24) is 5.32 Å². The fourth-order valence-corrected chi connectivity index (χ4v) is 5.43. The first-order chi connectivity index (χ1) is 23.2. The Kier molecular flexibility index (Phi) is 29.6. The number of ether oxygens (including phenoxy) is 3. The molecule has 2 unspecified atom stereocenters. The molecule has 0 fully saturated rings. The molecule has 11 heteroatoms. The van der Waals surface area contributed by atoms with Crippen LogP contribution in [0.1, 0.15) is 163 Å². The van der Waals surface area contributed by atoms with Crippen LogP contribution in [0, 0.1) is 11.8 Å². The van der Waals surface area contributed by atoms with E-state index in [2.05, 4.69) is 38.0 Å². The largest absolute Gasteiger partial charge is 0.465 e. The second-order valence-corrected chi connectivity index (χ2v) is 12.9. The van der Waals surface area contributed by atoms with Gasteiger partial charge in [-0.1, -0.05) is 105 Å². The van der Waals surface area contributed by atoms with E-state index in [1.807, 2.05) is 0 Å². The molecule has 3 atom stereocenters. The average Bonchev–Trinajstić information content (AvgIpc) is 3.06. The first-order valence-electron chi connectivity index (χ1n) is 19.0. The minimum absolute atomic E-state index is 0.0516. The molecule has 0 aromatic carbocycles. The molecule has 0 aromatic rings. The molecule has 0 aliphatic carbocycles. The molecule has 5 N–H and O–H groups in total. The number of nitrogens with two attached hydrogens (primary N) is 2. The van der Waals surface area contributed by atoms with Crippen LogP contribution in [-0.2, 0) is 33.4 Å². The van der Waals surface area contributed by atoms with Gasteiger partial charge in [-0.15, -0.1) is 0 Å². The first-order valence-corrected chi connectivity index (χ1v) is 19.0. The lowest BCUT2D eigenvalue weighted by atomic mass is 9.95. The Labute approximate surface area is 291 Å². The summed E-state index contributed by atoms with van der Waals surface area (Å²) in [6, 6.07) is -0.922. The van der Waals surface area contributed by atoms with Gasteiger partial charge in [0.1, 0.15) is 6.04 Å². The Morgan fingerprint density at radius 3 is 1.44 bits per heavy atom. The fraction of sp³-hybridized carbons (Fsp3) is 0.865. The number of unbranched alkanes of at least 4 members (excludes halogenated alkanes) is 9. The van der Waals surface area contributed by atoms with Crippen LogP contribution in [0.5, 0.6) is 0 Å². The van der Waals surface area contributed by atoms with Crippen molar-refractivity contribution >= 4 is 29.8 Å². The molecule has 0 saturated carbocycles. The van der Waals surface area contributed by atoms with Crippen LogP contribution >= 0.6 is 0 Å². The van der Waals surface area contributed by atoms with Crippen molar-refractivity contribution in [2.24, 2.45) is 28.3 Å². The SMILES string of the molecule is CCCCCCC(CCCC)C(=O)OCCCCOC(=O)[C@H](CCN=C(N)N)NC(=O)CCCOC(=O)C(CCCC)CCCCCC. The summed E-state index contributed by atoms with van der Waals surface area (Å²) in [5.74, 6) is -1.50. The second-order valence-electron chi connectivity index (χ2n) is 12.9. The second kappa shape index (κ2) is 31.4. The number of aliphatic imine (C=N–C) groups is 1. The van der Waals surface area contributed by atoms with Crippen molar-refractivity contribution in [3.63, 3.8) is 0 Å². The lowest BCUT2D eigenvalue weighted by Crippen LogP contribution is -2.42. The van der Waals surface area contributed by atoms with Gasteiger partial charge in [0.25, 0.3) is 0 Å². The van der Waals surface area contributed by atoms with E-state index in [1.165, 1.54) is 12.8 Å². The summed E-state index contributed by atoms with van der Waals surface area (Å²) in [5, 5.41) is 2.72. The summed E-state index contributed by atoms with van der Waals surface area (Å²) >= 11 is 0. The van der Waals surface area contributed by atoms with Crippen molar-refractivity contribution in [2.45, 2.75) is 169 Å². The predicted octanol–water partition coefficient (Wildman–Crippen LogP) is 6.88. The Hall–Kier alpha value is -2.85. The molecule has 0 aliphatic heterocycles. The van der Waals surface area contributed by atoms with Crippen LogP contribution in [0.25, 0.3) is 0 Å². The molecule has 0 heterocycles. The number of rotatable bonds is 32. The third-order valence-electron chi connectivity index (χ3n) is 8.44. The number of carbonyl (C=O) groups excluding carboxylic acids is 4. The maximum atomic E-state index is 12.8. The molecular weight excluding hydrogens is 612 g/mol. The van der Waals surface area contributed by atoms with Gasteiger partial charge in [0.05, 0.1) is 31.7 Å². The molecule has 0 saturated heterocycles. The molecule has 0 bridgehead atoms. The van der Waals surface area contributed by atoms with Gasteiger partial charge in [-0.05, 0) is 51.4 Å². The molecule has 0 aliphatic rings. The normalized spacial score (nSPS) is 12.8. The number of nitrogens with zero attached hydrogens (tertiary/aromatic N) is 1. The van der Waals surface area contributed by atoms with Gasteiger partial charge in [-0.3, -0.25) is 19.4 Å². The lowest BCUT2D eigenvalue weighted by Gasteiger charge is -2.18. The highest BCUT2D eigenvalue weighted by Gasteiger charge is 2.23. The summed E-state index contributed by atoms with van der Waals surface area (Å²) < 4.78 is 16.5.